The van der Waals surface area contributed by atoms with Crippen LogP contribution in [0.15, 0.2) is 23.1 Å². The van der Waals surface area contributed by atoms with Crippen molar-refractivity contribution in [3.8, 4) is 0 Å². The molecule has 0 aliphatic carbocycles. The van der Waals surface area contributed by atoms with Crippen LogP contribution >= 0.6 is 11.6 Å². The number of ether oxygens (including phenoxy) is 1. The normalized spacial score (nSPS) is 21.0. The van der Waals surface area contributed by atoms with Gasteiger partial charge in [-0.25, -0.2) is 8.42 Å². The number of piperidine rings is 1. The fraction of sp³-hybridized carbons (Fsp3) is 0.538. The second kappa shape index (κ2) is 6.30. The van der Waals surface area contributed by atoms with Crippen LogP contribution in [0, 0.1) is 0 Å². The molecule has 1 aromatic rings. The lowest BCUT2D eigenvalue weighted by molar-refractivity contribution is 0.0265. The van der Waals surface area contributed by atoms with E-state index >= 15 is 0 Å². The minimum Gasteiger partial charge on any atom is -0.399 e. The predicted octanol–water partition coefficient (Wildman–Crippen LogP) is 2.11. The summed E-state index contributed by atoms with van der Waals surface area (Å²) < 4.78 is 32.2. The van der Waals surface area contributed by atoms with Crippen molar-refractivity contribution in [1.29, 1.82) is 0 Å². The molecule has 1 aliphatic heterocycles. The molecule has 1 unspecified atom stereocenters. The number of nitrogens with zero attached hydrogens (tertiary/aromatic N) is 1. The van der Waals surface area contributed by atoms with Gasteiger partial charge in [-0.3, -0.25) is 0 Å². The number of benzene rings is 1. The smallest absolute Gasteiger partial charge is 0.244 e. The van der Waals surface area contributed by atoms with Gasteiger partial charge in [0.1, 0.15) is 4.90 Å². The zero-order valence-corrected chi connectivity index (χ0v) is 13.0. The molecular formula is C13H19ClN2O3S. The zero-order chi connectivity index (χ0) is 14.8. The first kappa shape index (κ1) is 15.6. The van der Waals surface area contributed by atoms with Crippen LogP contribution in [0.2, 0.25) is 5.02 Å². The molecule has 1 saturated heterocycles. The summed E-state index contributed by atoms with van der Waals surface area (Å²) in [5.41, 5.74) is 6.04. The number of rotatable bonds is 4. The van der Waals surface area contributed by atoms with E-state index in [1.54, 1.807) is 6.07 Å². The number of sulfonamides is 1. The Kier molecular flexibility index (Phi) is 4.90. The second-order valence-corrected chi connectivity index (χ2v) is 7.09. The summed E-state index contributed by atoms with van der Waals surface area (Å²) in [6.45, 7) is 3.36. The number of nitrogen functional groups attached to an aromatic ring is 1. The highest BCUT2D eigenvalue weighted by Crippen LogP contribution is 2.28. The Balaban J connectivity index is 2.25. The molecule has 0 spiro atoms. The summed E-state index contributed by atoms with van der Waals surface area (Å²) in [7, 11) is -3.59. The molecule has 0 saturated carbocycles. The molecule has 1 heterocycles. The first-order valence-electron chi connectivity index (χ1n) is 6.62. The average molecular weight is 319 g/mol. The maximum absolute atomic E-state index is 12.6. The molecule has 1 fully saturated rings. The maximum Gasteiger partial charge on any atom is 0.244 e. The van der Waals surface area contributed by atoms with Gasteiger partial charge in [0.15, 0.2) is 0 Å². The van der Waals surface area contributed by atoms with E-state index in [-0.39, 0.29) is 16.0 Å². The highest BCUT2D eigenvalue weighted by Gasteiger charge is 2.31. The van der Waals surface area contributed by atoms with Crippen molar-refractivity contribution in [1.82, 2.24) is 4.31 Å². The van der Waals surface area contributed by atoms with Gasteiger partial charge in [-0.05, 0) is 38.0 Å². The van der Waals surface area contributed by atoms with Crippen molar-refractivity contribution < 1.29 is 13.2 Å². The SMILES string of the molecule is CCOC1CCCN(S(=O)(=O)c2ccc(N)cc2Cl)C1. The largest absolute Gasteiger partial charge is 0.399 e. The summed E-state index contributed by atoms with van der Waals surface area (Å²) in [4.78, 5) is 0.102. The fourth-order valence-electron chi connectivity index (χ4n) is 2.36. The molecule has 7 heteroatoms. The average Bonchev–Trinajstić information content (AvgIpc) is 2.39. The van der Waals surface area contributed by atoms with Gasteiger partial charge in [0.2, 0.25) is 10.0 Å². The Labute approximate surface area is 124 Å². The van der Waals surface area contributed by atoms with Crippen molar-refractivity contribution >= 4 is 27.3 Å². The fourth-order valence-corrected chi connectivity index (χ4v) is 4.40. The van der Waals surface area contributed by atoms with Gasteiger partial charge < -0.3 is 10.5 Å². The Morgan fingerprint density at radius 2 is 2.25 bits per heavy atom. The molecule has 2 rings (SSSR count). The molecule has 2 N–H and O–H groups in total. The number of nitrogens with two attached hydrogens (primary N) is 1. The van der Waals surface area contributed by atoms with Crippen LogP contribution in [0.4, 0.5) is 5.69 Å². The Morgan fingerprint density at radius 1 is 1.50 bits per heavy atom. The van der Waals surface area contributed by atoms with E-state index in [2.05, 4.69) is 0 Å². The lowest BCUT2D eigenvalue weighted by Crippen LogP contribution is -2.43. The van der Waals surface area contributed by atoms with Crippen molar-refractivity contribution in [3.63, 3.8) is 0 Å². The van der Waals surface area contributed by atoms with Crippen LogP contribution in [0.1, 0.15) is 19.8 Å². The first-order valence-corrected chi connectivity index (χ1v) is 8.43. The number of anilines is 1. The van der Waals surface area contributed by atoms with Gasteiger partial charge >= 0.3 is 0 Å². The van der Waals surface area contributed by atoms with Crippen LogP contribution in [0.5, 0.6) is 0 Å². The number of hydrogen-bond donors (Lipinski definition) is 1. The highest BCUT2D eigenvalue weighted by molar-refractivity contribution is 7.89. The van der Waals surface area contributed by atoms with Gasteiger partial charge in [0.05, 0.1) is 11.1 Å². The third-order valence-electron chi connectivity index (χ3n) is 3.32. The van der Waals surface area contributed by atoms with Gasteiger partial charge in [0, 0.05) is 25.4 Å². The Hall–Kier alpha value is -0.820. The van der Waals surface area contributed by atoms with Crippen molar-refractivity contribution in [2.75, 3.05) is 25.4 Å². The van der Waals surface area contributed by atoms with E-state index in [1.165, 1.54) is 16.4 Å². The summed E-state index contributed by atoms with van der Waals surface area (Å²) in [6, 6.07) is 4.46. The minimum atomic E-state index is -3.59. The lowest BCUT2D eigenvalue weighted by atomic mass is 10.1. The Morgan fingerprint density at radius 3 is 2.90 bits per heavy atom. The molecule has 112 valence electrons. The molecule has 0 aromatic heterocycles. The maximum atomic E-state index is 12.6. The van der Waals surface area contributed by atoms with Crippen LogP contribution in [0.25, 0.3) is 0 Å². The van der Waals surface area contributed by atoms with Crippen molar-refractivity contribution in [2.45, 2.75) is 30.8 Å². The predicted molar refractivity (Wildman–Crippen MR) is 79.3 cm³/mol. The van der Waals surface area contributed by atoms with E-state index < -0.39 is 10.0 Å². The number of hydrogen-bond acceptors (Lipinski definition) is 4. The van der Waals surface area contributed by atoms with Gasteiger partial charge in [0.25, 0.3) is 0 Å². The Bertz CT molecular complexity index is 575. The van der Waals surface area contributed by atoms with Crippen molar-refractivity contribution in [3.05, 3.63) is 23.2 Å². The lowest BCUT2D eigenvalue weighted by Gasteiger charge is -2.31. The summed E-state index contributed by atoms with van der Waals surface area (Å²) >= 11 is 6.01. The zero-order valence-electron chi connectivity index (χ0n) is 11.4. The topological polar surface area (TPSA) is 72.6 Å². The van der Waals surface area contributed by atoms with Gasteiger partial charge in [-0.1, -0.05) is 11.6 Å². The van der Waals surface area contributed by atoms with Crippen LogP contribution < -0.4 is 5.73 Å². The first-order chi connectivity index (χ1) is 9.45. The minimum absolute atomic E-state index is 0.0453. The highest BCUT2D eigenvalue weighted by atomic mass is 35.5. The second-order valence-electron chi connectivity index (χ2n) is 4.77. The van der Waals surface area contributed by atoms with E-state index in [0.717, 1.165) is 12.8 Å². The van der Waals surface area contributed by atoms with E-state index in [4.69, 9.17) is 22.1 Å². The molecule has 20 heavy (non-hydrogen) atoms. The van der Waals surface area contributed by atoms with Crippen molar-refractivity contribution in [2.24, 2.45) is 0 Å². The van der Waals surface area contributed by atoms with E-state index in [0.29, 0.717) is 25.4 Å². The molecule has 5 nitrogen and oxygen atoms in total. The molecular weight excluding hydrogens is 300 g/mol. The molecule has 1 aliphatic rings. The molecule has 1 aromatic carbocycles. The van der Waals surface area contributed by atoms with Gasteiger partial charge in [-0.15, -0.1) is 0 Å². The van der Waals surface area contributed by atoms with E-state index in [9.17, 15) is 8.42 Å². The van der Waals surface area contributed by atoms with Gasteiger partial charge in [-0.2, -0.15) is 4.31 Å². The molecule has 0 radical (unpaired) electrons. The third kappa shape index (κ3) is 3.25. The summed E-state index contributed by atoms with van der Waals surface area (Å²) in [5.74, 6) is 0. The van der Waals surface area contributed by atoms with Crippen LogP contribution in [0.3, 0.4) is 0 Å². The molecule has 0 bridgehead atoms. The summed E-state index contributed by atoms with van der Waals surface area (Å²) in [6.07, 6.45) is 1.63. The standard InChI is InChI=1S/C13H19ClN2O3S/c1-2-19-11-4-3-7-16(9-11)20(17,18)13-6-5-10(15)8-12(13)14/h5-6,8,11H,2-4,7,9,15H2,1H3. The number of halogens is 1. The monoisotopic (exact) mass is 318 g/mol. The quantitative estimate of drug-likeness (QED) is 0.863. The van der Waals surface area contributed by atoms with Crippen LogP contribution in [-0.2, 0) is 14.8 Å². The molecule has 0 amide bonds. The summed E-state index contributed by atoms with van der Waals surface area (Å²) in [5, 5.41) is 0.156. The molecule has 1 atom stereocenters. The van der Waals surface area contributed by atoms with E-state index in [1.807, 2.05) is 6.92 Å². The third-order valence-corrected chi connectivity index (χ3v) is 5.67. The van der Waals surface area contributed by atoms with Crippen LogP contribution in [-0.4, -0.2) is 38.5 Å².